The summed E-state index contributed by atoms with van der Waals surface area (Å²) >= 11 is 74.1. The third kappa shape index (κ3) is 71.8. The summed E-state index contributed by atoms with van der Waals surface area (Å²) in [7, 11) is 0. The Morgan fingerprint density at radius 2 is 0.500 bits per heavy atom. The zero-order valence-electron chi connectivity index (χ0n) is 25.8. The SMILES string of the molecule is Cl[Si](Cl)(Cl)Cl.Cl[Si](Cl)(Cl)Cl.Cl[Si](Cl)(Cl)c1ccccc1.Cl[Si](Cl)(Cl)c1ccccc1.[Br-].[Br-].[Cl-].[Cl-].[Li+].[Li+].[Mg+2].[Mg+2].[c-]1ccccc1.[c-]1ccccc1. The van der Waals surface area contributed by atoms with Crippen molar-refractivity contribution < 1.29 is 96.5 Å². The fraction of sp³-hybridized carbons (Fsp3) is 0. The molecule has 26 heteroatoms. The van der Waals surface area contributed by atoms with E-state index >= 15 is 0 Å². The molecular weight excluding hydrogens is 1190 g/mol. The van der Waals surface area contributed by atoms with Gasteiger partial charge in [-0.15, -0.1) is 155 Å². The van der Waals surface area contributed by atoms with Gasteiger partial charge in [-0.3, -0.25) is 0 Å². The van der Waals surface area contributed by atoms with E-state index in [9.17, 15) is 0 Å². The first-order valence-electron chi connectivity index (χ1n) is 10.8. The first-order valence-corrected chi connectivity index (χ1v) is 33.0. The van der Waals surface area contributed by atoms with E-state index in [1.807, 2.05) is 121 Å². The van der Waals surface area contributed by atoms with Crippen molar-refractivity contribution in [2.45, 2.75) is 0 Å². The van der Waals surface area contributed by atoms with Gasteiger partial charge in [0.25, 0.3) is 0 Å². The van der Waals surface area contributed by atoms with Crippen LogP contribution in [0.2, 0.25) is 0 Å². The molecule has 4 rings (SSSR count). The van der Waals surface area contributed by atoms with E-state index in [0.29, 0.717) is 0 Å². The summed E-state index contributed by atoms with van der Waals surface area (Å²) in [5, 5.41) is -3.78. The van der Waals surface area contributed by atoms with Crippen LogP contribution in [0.5, 0.6) is 0 Å². The molecule has 0 saturated carbocycles. The number of halogens is 18. The molecule has 0 heterocycles. The molecule has 0 radical (unpaired) electrons. The topological polar surface area (TPSA) is 0 Å². The molecule has 0 amide bonds. The molecule has 0 aliphatic carbocycles. The number of rotatable bonds is 2. The minimum atomic E-state index is -2.72. The molecular formula is C24H20Br2Cl16Li2Mg2Si4. The quantitative estimate of drug-likeness (QED) is 0.107. The zero-order chi connectivity index (χ0) is 32.7. The largest absolute Gasteiger partial charge is 2.00 e. The van der Waals surface area contributed by atoms with E-state index in [1.165, 1.54) is 0 Å². The molecule has 264 valence electrons. The molecule has 0 saturated heterocycles. The van der Waals surface area contributed by atoms with Crippen molar-refractivity contribution in [1.82, 2.24) is 0 Å². The summed E-state index contributed by atoms with van der Waals surface area (Å²) in [6, 6.07) is 38.4. The molecule has 4 aromatic carbocycles. The second-order valence-corrected chi connectivity index (χ2v) is 45.9. The molecule has 50 heavy (non-hydrogen) atoms. The van der Waals surface area contributed by atoms with Gasteiger partial charge in [-0.25, -0.2) is 0 Å². The molecule has 0 bridgehead atoms. The maximum atomic E-state index is 5.73. The van der Waals surface area contributed by atoms with Gasteiger partial charge in [-0.05, 0) is 10.4 Å². The molecule has 0 aromatic heterocycles. The fourth-order valence-electron chi connectivity index (χ4n) is 1.94. The van der Waals surface area contributed by atoms with Gasteiger partial charge >= 0.3 is 106 Å². The van der Waals surface area contributed by atoms with Gasteiger partial charge in [0.1, 0.15) is 0 Å². The molecule has 0 spiro atoms. The monoisotopic (exact) mass is 1200 g/mol. The Kier molecular flexibility index (Phi) is 76.5. The van der Waals surface area contributed by atoms with Crippen molar-refractivity contribution in [2.24, 2.45) is 0 Å². The Hall–Kier alpha value is 6.07. The van der Waals surface area contributed by atoms with Crippen LogP contribution < -0.4 is 107 Å². The van der Waals surface area contributed by atoms with Gasteiger partial charge < -0.3 is 58.8 Å². The van der Waals surface area contributed by atoms with E-state index in [-0.39, 0.29) is 143 Å². The number of hydrogen-bond acceptors (Lipinski definition) is 0. The summed E-state index contributed by atoms with van der Waals surface area (Å²) in [6.45, 7) is 0. The summed E-state index contributed by atoms with van der Waals surface area (Å²) in [5.41, 5.74) is 0. The number of hydrogen-bond donors (Lipinski definition) is 0. The van der Waals surface area contributed by atoms with Crippen LogP contribution in [0, 0.1) is 12.1 Å². The summed E-state index contributed by atoms with van der Waals surface area (Å²) < 4.78 is 0. The van der Waals surface area contributed by atoms with Crippen LogP contribution in [0.25, 0.3) is 0 Å². The van der Waals surface area contributed by atoms with Crippen molar-refractivity contribution in [3.63, 3.8) is 0 Å². The van der Waals surface area contributed by atoms with Crippen LogP contribution in [0.4, 0.5) is 0 Å². The standard InChI is InChI=1S/2C6H5Cl3Si.2C6H5.2BrH.2Cl4Si.2ClH.2Li.2Mg/c2*7-10(8,9)6-4-2-1-3-5-6;2*1-2-4-6-5-3-1;;;2*1-5(2,3)4;;;;;;/h2*1-5H;2*1-5H;2*1H;;;2*1H;;;;/q;;2*-1;;;;;;;2*+1;2*+2/p-4. The number of benzene rings is 4. The molecule has 0 aliphatic rings. The minimum Gasteiger partial charge on any atom is -1.00 e. The van der Waals surface area contributed by atoms with E-state index < -0.39 is 22.6 Å². The first-order chi connectivity index (χ1) is 19.2. The smallest absolute Gasteiger partial charge is 1.00 e. The molecule has 0 aliphatic heterocycles. The van der Waals surface area contributed by atoms with Gasteiger partial charge in [-0.1, -0.05) is 60.7 Å². The second kappa shape index (κ2) is 47.7. The summed E-state index contributed by atoms with van der Waals surface area (Å²) in [6.07, 6.45) is 0. The van der Waals surface area contributed by atoms with E-state index in [0.717, 1.165) is 10.4 Å². The molecule has 0 atom stereocenters. The molecule has 0 unspecified atom stereocenters. The predicted octanol–water partition coefficient (Wildman–Crippen LogP) is -5.91. The third-order valence-electron chi connectivity index (χ3n) is 3.42. The van der Waals surface area contributed by atoms with Gasteiger partial charge in [-0.2, -0.15) is 72.8 Å². The fourth-order valence-corrected chi connectivity index (χ4v) is 5.35. The van der Waals surface area contributed by atoms with Crippen molar-refractivity contribution in [3.05, 3.63) is 133 Å². The van der Waals surface area contributed by atoms with Crippen LogP contribution in [0.15, 0.2) is 121 Å². The minimum absolute atomic E-state index is 0. The van der Waals surface area contributed by atoms with Crippen molar-refractivity contribution >= 4 is 234 Å². The van der Waals surface area contributed by atoms with E-state index in [1.54, 1.807) is 0 Å². The Balaban J connectivity index is -0.0000000475. The van der Waals surface area contributed by atoms with Crippen LogP contribution in [-0.2, 0) is 0 Å². The summed E-state index contributed by atoms with van der Waals surface area (Å²) in [5.74, 6) is 0. The van der Waals surface area contributed by atoms with Crippen LogP contribution in [0.1, 0.15) is 0 Å². The van der Waals surface area contributed by atoms with Crippen LogP contribution >= 0.6 is 155 Å². The van der Waals surface area contributed by atoms with Crippen LogP contribution in [-0.4, -0.2) is 68.7 Å². The van der Waals surface area contributed by atoms with Gasteiger partial charge in [0, 0.05) is 0 Å². The van der Waals surface area contributed by atoms with Crippen LogP contribution in [0.3, 0.4) is 0 Å². The zero-order valence-corrected chi connectivity index (χ0v) is 47.9. The van der Waals surface area contributed by atoms with Crippen molar-refractivity contribution in [1.29, 1.82) is 0 Å². The second-order valence-electron chi connectivity index (χ2n) is 6.74. The average molecular weight is 1210 g/mol. The van der Waals surface area contributed by atoms with Crippen molar-refractivity contribution in [2.75, 3.05) is 0 Å². The predicted molar refractivity (Wildman–Crippen MR) is 219 cm³/mol. The third-order valence-corrected chi connectivity index (χ3v) is 9.32. The Labute approximate surface area is 456 Å². The molecule has 0 nitrogen and oxygen atoms in total. The maximum absolute atomic E-state index is 5.73. The Morgan fingerprint density at radius 3 is 0.580 bits per heavy atom. The van der Waals surface area contributed by atoms with Gasteiger partial charge in [0.2, 0.25) is 0 Å². The Bertz CT molecular complexity index is 1000. The van der Waals surface area contributed by atoms with Gasteiger partial charge in [0.05, 0.1) is 0 Å². The molecule has 0 N–H and O–H groups in total. The first kappa shape index (κ1) is 80.1. The van der Waals surface area contributed by atoms with E-state index in [2.05, 4.69) is 12.1 Å². The summed E-state index contributed by atoms with van der Waals surface area (Å²) in [4.78, 5) is 0. The molecule has 0 fully saturated rings. The molecule has 4 aromatic rings. The van der Waals surface area contributed by atoms with Gasteiger partial charge in [0.15, 0.2) is 0 Å². The Morgan fingerprint density at radius 1 is 0.340 bits per heavy atom. The van der Waals surface area contributed by atoms with Crippen molar-refractivity contribution in [3.8, 4) is 0 Å². The average Bonchev–Trinajstić information content (AvgIpc) is 2.90. The maximum Gasteiger partial charge on any atom is 2.00 e. The van der Waals surface area contributed by atoms with E-state index in [4.69, 9.17) is 155 Å². The normalized spacial score (nSPS) is 8.92.